The van der Waals surface area contributed by atoms with Crippen LogP contribution in [0.1, 0.15) is 0 Å². The standard InChI is InChI=1S/C8H6N4O/c1-12-7(11-5-13)4-6-8(12)10-3-2-9-6/h2-4H,1H3. The van der Waals surface area contributed by atoms with Gasteiger partial charge in [-0.3, -0.25) is 4.98 Å². The number of isocyanates is 1. The molecule has 0 aromatic carbocycles. The van der Waals surface area contributed by atoms with E-state index in [1.165, 1.54) is 6.08 Å². The number of carbonyl (C=O) groups excluding carboxylic acids is 1. The van der Waals surface area contributed by atoms with Gasteiger partial charge in [0.05, 0.1) is 0 Å². The number of fused-ring (bicyclic) bond motifs is 1. The van der Waals surface area contributed by atoms with Crippen LogP contribution in [0.2, 0.25) is 0 Å². The topological polar surface area (TPSA) is 60.1 Å². The van der Waals surface area contributed by atoms with Gasteiger partial charge in [-0.25, -0.2) is 9.78 Å². The first-order valence-electron chi connectivity index (χ1n) is 3.67. The van der Waals surface area contributed by atoms with Crippen LogP contribution in [-0.4, -0.2) is 20.6 Å². The second-order valence-corrected chi connectivity index (χ2v) is 2.53. The monoisotopic (exact) mass is 174 g/mol. The maximum absolute atomic E-state index is 10.1. The molecule has 13 heavy (non-hydrogen) atoms. The van der Waals surface area contributed by atoms with Crippen molar-refractivity contribution in [2.24, 2.45) is 12.0 Å². The fraction of sp³-hybridized carbons (Fsp3) is 0.125. The Hall–Kier alpha value is -2.00. The van der Waals surface area contributed by atoms with Gasteiger partial charge >= 0.3 is 0 Å². The Morgan fingerprint density at radius 3 is 2.92 bits per heavy atom. The number of aryl methyl sites for hydroxylation is 1. The molecule has 0 saturated carbocycles. The summed E-state index contributed by atoms with van der Waals surface area (Å²) in [5.74, 6) is 0.510. The van der Waals surface area contributed by atoms with Gasteiger partial charge in [-0.1, -0.05) is 0 Å². The fourth-order valence-corrected chi connectivity index (χ4v) is 1.18. The van der Waals surface area contributed by atoms with Crippen LogP contribution in [0.5, 0.6) is 0 Å². The summed E-state index contributed by atoms with van der Waals surface area (Å²) in [4.78, 5) is 21.7. The molecule has 0 fully saturated rings. The Kier molecular flexibility index (Phi) is 1.65. The van der Waals surface area contributed by atoms with Crippen LogP contribution in [-0.2, 0) is 11.8 Å². The molecule has 0 aliphatic rings. The molecule has 64 valence electrons. The third-order valence-corrected chi connectivity index (χ3v) is 1.79. The van der Waals surface area contributed by atoms with Crippen molar-refractivity contribution in [1.29, 1.82) is 0 Å². The van der Waals surface area contributed by atoms with E-state index in [0.717, 1.165) is 5.52 Å². The van der Waals surface area contributed by atoms with E-state index < -0.39 is 0 Å². The maximum atomic E-state index is 10.1. The Balaban J connectivity index is 2.80. The van der Waals surface area contributed by atoms with Crippen molar-refractivity contribution in [1.82, 2.24) is 14.5 Å². The van der Waals surface area contributed by atoms with Crippen LogP contribution in [0.4, 0.5) is 5.82 Å². The lowest BCUT2D eigenvalue weighted by molar-refractivity contribution is 0.565. The second-order valence-electron chi connectivity index (χ2n) is 2.53. The van der Waals surface area contributed by atoms with Gasteiger partial charge in [-0.15, -0.1) is 4.99 Å². The molecule has 0 bridgehead atoms. The summed E-state index contributed by atoms with van der Waals surface area (Å²) in [5, 5.41) is 0. The molecule has 2 rings (SSSR count). The van der Waals surface area contributed by atoms with E-state index in [9.17, 15) is 4.79 Å². The number of hydrogen-bond acceptors (Lipinski definition) is 4. The van der Waals surface area contributed by atoms with Crippen molar-refractivity contribution < 1.29 is 4.79 Å². The maximum Gasteiger partial charge on any atom is 0.242 e. The van der Waals surface area contributed by atoms with Crippen LogP contribution < -0.4 is 0 Å². The predicted molar refractivity (Wildman–Crippen MR) is 46.3 cm³/mol. The predicted octanol–water partition coefficient (Wildman–Crippen LogP) is 0.936. The molecule has 0 unspecified atom stereocenters. The van der Waals surface area contributed by atoms with Crippen molar-refractivity contribution in [3.63, 3.8) is 0 Å². The van der Waals surface area contributed by atoms with E-state index in [4.69, 9.17) is 0 Å². The molecule has 0 amide bonds. The van der Waals surface area contributed by atoms with E-state index >= 15 is 0 Å². The van der Waals surface area contributed by atoms with Crippen LogP contribution in [0.25, 0.3) is 11.2 Å². The summed E-state index contributed by atoms with van der Waals surface area (Å²) in [6.45, 7) is 0. The minimum absolute atomic E-state index is 0.510. The van der Waals surface area contributed by atoms with Crippen LogP contribution >= 0.6 is 0 Å². The van der Waals surface area contributed by atoms with E-state index in [2.05, 4.69) is 15.0 Å². The third-order valence-electron chi connectivity index (χ3n) is 1.79. The number of aliphatic imine (C=N–C) groups is 1. The van der Waals surface area contributed by atoms with Gasteiger partial charge < -0.3 is 4.57 Å². The van der Waals surface area contributed by atoms with Crippen LogP contribution in [0.3, 0.4) is 0 Å². The zero-order valence-electron chi connectivity index (χ0n) is 6.93. The first kappa shape index (κ1) is 7.64. The molecule has 5 nitrogen and oxygen atoms in total. The summed E-state index contributed by atoms with van der Waals surface area (Å²) in [5.41, 5.74) is 1.43. The van der Waals surface area contributed by atoms with Crippen LogP contribution in [0, 0.1) is 0 Å². The first-order chi connectivity index (χ1) is 6.33. The molecule has 2 heterocycles. The number of aromatic nitrogens is 3. The highest BCUT2D eigenvalue weighted by molar-refractivity contribution is 5.76. The lowest BCUT2D eigenvalue weighted by Gasteiger charge is -1.93. The molecular formula is C8H6N4O. The zero-order chi connectivity index (χ0) is 9.26. The normalized spacial score (nSPS) is 9.92. The van der Waals surface area contributed by atoms with Gasteiger partial charge in [0.2, 0.25) is 6.08 Å². The van der Waals surface area contributed by atoms with E-state index in [0.29, 0.717) is 11.5 Å². The summed E-state index contributed by atoms with van der Waals surface area (Å²) in [6.07, 6.45) is 4.67. The molecule has 2 aromatic heterocycles. The number of rotatable bonds is 1. The quantitative estimate of drug-likeness (QED) is 0.477. The lowest BCUT2D eigenvalue weighted by Crippen LogP contribution is -1.88. The molecule has 0 N–H and O–H groups in total. The summed E-state index contributed by atoms with van der Waals surface area (Å²) in [6, 6.07) is 1.69. The van der Waals surface area contributed by atoms with Gasteiger partial charge in [0, 0.05) is 25.5 Å². The molecular weight excluding hydrogens is 168 g/mol. The first-order valence-corrected chi connectivity index (χ1v) is 3.67. The smallest absolute Gasteiger partial charge is 0.242 e. The van der Waals surface area contributed by atoms with Crippen molar-refractivity contribution in [2.45, 2.75) is 0 Å². The summed E-state index contributed by atoms with van der Waals surface area (Å²) >= 11 is 0. The molecule has 0 aliphatic heterocycles. The minimum Gasteiger partial charge on any atom is -0.312 e. The van der Waals surface area contributed by atoms with Crippen LogP contribution in [0.15, 0.2) is 23.5 Å². The number of hydrogen-bond donors (Lipinski definition) is 0. The third kappa shape index (κ3) is 1.11. The Morgan fingerprint density at radius 1 is 1.46 bits per heavy atom. The average molecular weight is 174 g/mol. The van der Waals surface area contributed by atoms with E-state index in [-0.39, 0.29) is 0 Å². The van der Waals surface area contributed by atoms with Gasteiger partial charge in [0.1, 0.15) is 11.3 Å². The van der Waals surface area contributed by atoms with Crippen molar-refractivity contribution >= 4 is 23.1 Å². The highest BCUT2D eigenvalue weighted by Crippen LogP contribution is 2.19. The molecule has 2 aromatic rings. The second kappa shape index (κ2) is 2.80. The molecule has 0 aliphatic carbocycles. The van der Waals surface area contributed by atoms with Crippen molar-refractivity contribution in [2.75, 3.05) is 0 Å². The van der Waals surface area contributed by atoms with Crippen molar-refractivity contribution in [3.8, 4) is 0 Å². The zero-order valence-corrected chi connectivity index (χ0v) is 6.93. The summed E-state index contributed by atoms with van der Waals surface area (Å²) in [7, 11) is 1.77. The Labute approximate surface area is 73.8 Å². The molecule has 0 radical (unpaired) electrons. The lowest BCUT2D eigenvalue weighted by atomic mass is 10.5. The number of nitrogens with zero attached hydrogens (tertiary/aromatic N) is 4. The Morgan fingerprint density at radius 2 is 2.23 bits per heavy atom. The largest absolute Gasteiger partial charge is 0.312 e. The van der Waals surface area contributed by atoms with Gasteiger partial charge in [-0.2, -0.15) is 0 Å². The molecule has 0 saturated heterocycles. The summed E-state index contributed by atoms with van der Waals surface area (Å²) < 4.78 is 1.69. The molecule has 5 heteroatoms. The Bertz CT molecular complexity index is 496. The fourth-order valence-electron chi connectivity index (χ4n) is 1.18. The van der Waals surface area contributed by atoms with Gasteiger partial charge in [0.15, 0.2) is 5.65 Å². The molecule has 0 atom stereocenters. The van der Waals surface area contributed by atoms with Gasteiger partial charge in [0.25, 0.3) is 0 Å². The van der Waals surface area contributed by atoms with E-state index in [1.54, 1.807) is 30.1 Å². The SMILES string of the molecule is Cn1c(N=C=O)cc2nccnc21. The van der Waals surface area contributed by atoms with Crippen molar-refractivity contribution in [3.05, 3.63) is 18.5 Å². The highest BCUT2D eigenvalue weighted by atomic mass is 16.1. The van der Waals surface area contributed by atoms with E-state index in [1.807, 2.05) is 0 Å². The van der Waals surface area contributed by atoms with Gasteiger partial charge in [-0.05, 0) is 0 Å². The average Bonchev–Trinajstić information content (AvgIpc) is 2.46. The highest BCUT2D eigenvalue weighted by Gasteiger charge is 2.05. The molecule has 0 spiro atoms. The minimum atomic E-state index is 0.510.